The van der Waals surface area contributed by atoms with Crippen LogP contribution in [0.3, 0.4) is 0 Å². The Hall–Kier alpha value is -1.67. The van der Waals surface area contributed by atoms with E-state index in [4.69, 9.17) is 5.73 Å². The lowest BCUT2D eigenvalue weighted by atomic mass is 10.2. The highest BCUT2D eigenvalue weighted by Gasteiger charge is 2.22. The van der Waals surface area contributed by atoms with Gasteiger partial charge in [0.2, 0.25) is 15.9 Å². The highest BCUT2D eigenvalue weighted by molar-refractivity contribution is 7.89. The number of nitrogens with two attached hydrogens (primary N) is 1. The predicted molar refractivity (Wildman–Crippen MR) is 72.0 cm³/mol. The third kappa shape index (κ3) is 4.49. The monoisotopic (exact) mass is 286 g/mol. The first-order valence-electron chi connectivity index (χ1n) is 5.86. The molecule has 19 heavy (non-hydrogen) atoms. The van der Waals surface area contributed by atoms with Crippen LogP contribution in [0.15, 0.2) is 23.2 Å². The molecule has 0 fully saturated rings. The van der Waals surface area contributed by atoms with Crippen LogP contribution in [0.2, 0.25) is 0 Å². The third-order valence-corrected chi connectivity index (χ3v) is 3.89. The molecule has 1 unspecified atom stereocenters. The maximum Gasteiger partial charge on any atom is 0.244 e. The Morgan fingerprint density at radius 1 is 1.53 bits per heavy atom. The molecule has 8 heteroatoms. The topological polar surface area (TPSA) is 114 Å². The van der Waals surface area contributed by atoms with Gasteiger partial charge in [-0.1, -0.05) is 0 Å². The Kier molecular flexibility index (Phi) is 5.25. The molecule has 0 aliphatic heterocycles. The second-order valence-electron chi connectivity index (χ2n) is 4.07. The van der Waals surface area contributed by atoms with Crippen LogP contribution >= 0.6 is 0 Å². The van der Waals surface area contributed by atoms with Gasteiger partial charge in [0.25, 0.3) is 0 Å². The van der Waals surface area contributed by atoms with Gasteiger partial charge in [-0.25, -0.2) is 18.1 Å². The predicted octanol–water partition coefficient (Wildman–Crippen LogP) is 0.0556. The summed E-state index contributed by atoms with van der Waals surface area (Å²) in [4.78, 5) is 14.8. The minimum Gasteiger partial charge on any atom is -0.370 e. The number of nitrogens with zero attached hydrogens (tertiary/aromatic N) is 1. The first kappa shape index (κ1) is 15.4. The molecule has 1 aromatic rings. The molecule has 1 heterocycles. The van der Waals surface area contributed by atoms with Gasteiger partial charge in [0.05, 0.1) is 0 Å². The fraction of sp³-hybridized carbons (Fsp3) is 0.455. The number of aromatic nitrogens is 1. The zero-order valence-corrected chi connectivity index (χ0v) is 11.7. The number of primary amides is 1. The molecule has 0 bridgehead atoms. The zero-order chi connectivity index (χ0) is 14.5. The zero-order valence-electron chi connectivity index (χ0n) is 10.9. The fourth-order valence-corrected chi connectivity index (χ4v) is 2.96. The molecule has 1 amide bonds. The van der Waals surface area contributed by atoms with Crippen molar-refractivity contribution in [2.75, 3.05) is 11.9 Å². The first-order valence-corrected chi connectivity index (χ1v) is 7.34. The summed E-state index contributed by atoms with van der Waals surface area (Å²) in [6, 6.07) is 2.41. The minimum atomic E-state index is -3.74. The van der Waals surface area contributed by atoms with Gasteiger partial charge in [-0.15, -0.1) is 0 Å². The molecule has 106 valence electrons. The largest absolute Gasteiger partial charge is 0.370 e. The Morgan fingerprint density at radius 3 is 2.79 bits per heavy atom. The summed E-state index contributed by atoms with van der Waals surface area (Å²) in [5.41, 5.74) is 5.03. The van der Waals surface area contributed by atoms with Crippen LogP contribution in [0.5, 0.6) is 0 Å². The normalized spacial score (nSPS) is 12.9. The van der Waals surface area contributed by atoms with Crippen LogP contribution < -0.4 is 15.8 Å². The molecule has 0 saturated carbocycles. The summed E-state index contributed by atoms with van der Waals surface area (Å²) >= 11 is 0. The number of nitrogens with one attached hydrogen (secondary N) is 2. The summed E-state index contributed by atoms with van der Waals surface area (Å²) in [6.07, 6.45) is 1.44. The number of rotatable bonds is 7. The Labute approximate surface area is 112 Å². The van der Waals surface area contributed by atoms with Crippen LogP contribution in [0, 0.1) is 0 Å². The molecule has 0 spiro atoms. The summed E-state index contributed by atoms with van der Waals surface area (Å²) in [6.45, 7) is 3.97. The number of anilines is 1. The summed E-state index contributed by atoms with van der Waals surface area (Å²) in [5.74, 6) is -0.280. The molecule has 1 rings (SSSR count). The van der Waals surface area contributed by atoms with Crippen molar-refractivity contribution in [3.63, 3.8) is 0 Å². The first-order chi connectivity index (χ1) is 8.86. The summed E-state index contributed by atoms with van der Waals surface area (Å²) in [5, 5.41) is 2.87. The second-order valence-corrected chi connectivity index (χ2v) is 5.76. The standard InChI is InChI=1S/C11H18N4O3S/c1-3-13-11-9(5-4-6-14-11)19(17,18)15-8(2)7-10(12)16/h4-6,8,15H,3,7H2,1-2H3,(H2,12,16)(H,13,14). The van der Waals surface area contributed by atoms with E-state index in [2.05, 4.69) is 15.0 Å². The number of hydrogen-bond donors (Lipinski definition) is 3. The van der Waals surface area contributed by atoms with Crippen molar-refractivity contribution in [3.8, 4) is 0 Å². The number of carbonyl (C=O) groups is 1. The van der Waals surface area contributed by atoms with Crippen molar-refractivity contribution in [1.29, 1.82) is 0 Å². The third-order valence-electron chi connectivity index (χ3n) is 2.27. The average Bonchev–Trinajstić information content (AvgIpc) is 2.27. The van der Waals surface area contributed by atoms with E-state index in [0.717, 1.165) is 0 Å². The van der Waals surface area contributed by atoms with Crippen LogP contribution in [-0.2, 0) is 14.8 Å². The van der Waals surface area contributed by atoms with E-state index in [1.54, 1.807) is 6.92 Å². The van der Waals surface area contributed by atoms with Gasteiger partial charge < -0.3 is 11.1 Å². The second kappa shape index (κ2) is 6.48. The maximum absolute atomic E-state index is 12.2. The number of pyridine rings is 1. The summed E-state index contributed by atoms with van der Waals surface area (Å²) < 4.78 is 26.7. The van der Waals surface area contributed by atoms with E-state index >= 15 is 0 Å². The molecule has 4 N–H and O–H groups in total. The van der Waals surface area contributed by atoms with Crippen molar-refractivity contribution < 1.29 is 13.2 Å². The van der Waals surface area contributed by atoms with Crippen molar-refractivity contribution >= 4 is 21.7 Å². The minimum absolute atomic E-state index is 0.0492. The number of hydrogen-bond acceptors (Lipinski definition) is 5. The molecule has 0 aromatic carbocycles. The maximum atomic E-state index is 12.2. The van der Waals surface area contributed by atoms with Crippen molar-refractivity contribution in [2.45, 2.75) is 31.2 Å². The van der Waals surface area contributed by atoms with E-state index in [9.17, 15) is 13.2 Å². The quantitative estimate of drug-likeness (QED) is 0.655. The van der Waals surface area contributed by atoms with Gasteiger partial charge in [-0.3, -0.25) is 4.79 Å². The molecular weight excluding hydrogens is 268 g/mol. The molecular formula is C11H18N4O3S. The lowest BCUT2D eigenvalue weighted by Gasteiger charge is -2.14. The lowest BCUT2D eigenvalue weighted by Crippen LogP contribution is -2.36. The summed E-state index contributed by atoms with van der Waals surface area (Å²) in [7, 11) is -3.74. The highest BCUT2D eigenvalue weighted by Crippen LogP contribution is 2.18. The van der Waals surface area contributed by atoms with Crippen molar-refractivity contribution in [3.05, 3.63) is 18.3 Å². The SMILES string of the molecule is CCNc1ncccc1S(=O)(=O)NC(C)CC(N)=O. The molecule has 1 aromatic heterocycles. The van der Waals surface area contributed by atoms with Gasteiger partial charge in [0.1, 0.15) is 10.7 Å². The number of sulfonamides is 1. The molecule has 7 nitrogen and oxygen atoms in total. The molecule has 0 saturated heterocycles. The smallest absolute Gasteiger partial charge is 0.244 e. The van der Waals surface area contributed by atoms with E-state index in [-0.39, 0.29) is 17.1 Å². The van der Waals surface area contributed by atoms with Gasteiger partial charge in [0.15, 0.2) is 0 Å². The Balaban J connectivity index is 2.97. The highest BCUT2D eigenvalue weighted by atomic mass is 32.2. The van der Waals surface area contributed by atoms with E-state index in [1.165, 1.54) is 18.3 Å². The molecule has 0 aliphatic rings. The van der Waals surface area contributed by atoms with Gasteiger partial charge in [0, 0.05) is 25.2 Å². The lowest BCUT2D eigenvalue weighted by molar-refractivity contribution is -0.118. The molecule has 0 aliphatic carbocycles. The number of carbonyl (C=O) groups excluding carboxylic acids is 1. The van der Waals surface area contributed by atoms with Gasteiger partial charge in [-0.05, 0) is 26.0 Å². The van der Waals surface area contributed by atoms with Crippen LogP contribution in [0.4, 0.5) is 5.82 Å². The van der Waals surface area contributed by atoms with Crippen LogP contribution in [0.25, 0.3) is 0 Å². The van der Waals surface area contributed by atoms with Crippen LogP contribution in [0.1, 0.15) is 20.3 Å². The Bertz CT molecular complexity index is 545. The van der Waals surface area contributed by atoms with Crippen molar-refractivity contribution in [1.82, 2.24) is 9.71 Å². The van der Waals surface area contributed by atoms with E-state index < -0.39 is 22.0 Å². The average molecular weight is 286 g/mol. The van der Waals surface area contributed by atoms with Crippen molar-refractivity contribution in [2.24, 2.45) is 5.73 Å². The van der Waals surface area contributed by atoms with Gasteiger partial charge in [-0.2, -0.15) is 0 Å². The van der Waals surface area contributed by atoms with E-state index in [1.807, 2.05) is 6.92 Å². The molecule has 0 radical (unpaired) electrons. The fourth-order valence-electron chi connectivity index (χ4n) is 1.58. The van der Waals surface area contributed by atoms with Gasteiger partial charge >= 0.3 is 0 Å². The Morgan fingerprint density at radius 2 is 2.21 bits per heavy atom. The van der Waals surface area contributed by atoms with E-state index in [0.29, 0.717) is 6.54 Å². The number of amides is 1. The van der Waals surface area contributed by atoms with Crippen LogP contribution in [-0.4, -0.2) is 31.9 Å². The molecule has 1 atom stereocenters.